The van der Waals surface area contributed by atoms with Crippen LogP contribution in [-0.4, -0.2) is 130 Å². The van der Waals surface area contributed by atoms with Gasteiger partial charge in [-0.3, -0.25) is 0 Å². The van der Waals surface area contributed by atoms with Crippen molar-refractivity contribution in [3.63, 3.8) is 0 Å². The van der Waals surface area contributed by atoms with E-state index in [0.29, 0.717) is 0 Å². The monoisotopic (exact) mass is 1380 g/mol. The van der Waals surface area contributed by atoms with E-state index in [-0.39, 0.29) is 93.1 Å². The van der Waals surface area contributed by atoms with E-state index in [1.54, 1.807) is 0 Å². The molecule has 2 aliphatic heterocycles. The molecular formula is C56H124CeKO18Si4. The minimum absolute atomic E-state index is 0. The second-order valence-electron chi connectivity index (χ2n) is 31.2. The molecule has 0 spiro atoms. The van der Waals surface area contributed by atoms with Gasteiger partial charge in [0, 0.05) is 26.4 Å². The van der Waals surface area contributed by atoms with Crippen LogP contribution in [0.2, 0.25) is 0 Å². The minimum Gasteiger partial charge on any atom is -0.793 e. The fourth-order valence-electron chi connectivity index (χ4n) is 5.77. The number of hydrogen-bond donors (Lipinski definition) is 0. The third kappa shape index (κ3) is 71.9. The van der Waals surface area contributed by atoms with Gasteiger partial charge in [-0.15, -0.1) is 0 Å². The van der Waals surface area contributed by atoms with Gasteiger partial charge in [-0.25, -0.2) is 0 Å². The van der Waals surface area contributed by atoms with Crippen molar-refractivity contribution in [3.8, 4) is 0 Å². The van der Waals surface area contributed by atoms with Crippen LogP contribution in [0, 0.1) is 41.7 Å². The van der Waals surface area contributed by atoms with Gasteiger partial charge >= 0.3 is 129 Å². The van der Waals surface area contributed by atoms with Crippen LogP contribution in [0.15, 0.2) is 0 Å². The van der Waals surface area contributed by atoms with Crippen LogP contribution in [0.5, 0.6) is 0 Å². The summed E-state index contributed by atoms with van der Waals surface area (Å²) >= 11 is 0. The first-order chi connectivity index (χ1) is 33.5. The number of hydrogen-bond acceptors (Lipinski definition) is 18. The topological polar surface area (TPSA) is 221 Å². The maximum atomic E-state index is 12.6. The Morgan fingerprint density at radius 2 is 0.287 bits per heavy atom. The van der Waals surface area contributed by atoms with E-state index < -0.39 is 103 Å². The molecule has 0 aromatic rings. The van der Waals surface area contributed by atoms with Gasteiger partial charge in [0.1, 0.15) is 0 Å². The van der Waals surface area contributed by atoms with Crippen molar-refractivity contribution in [3.05, 3.63) is 0 Å². The summed E-state index contributed by atoms with van der Waals surface area (Å²) in [4.78, 5) is 50.5. The predicted molar refractivity (Wildman–Crippen MR) is 313 cm³/mol. The zero-order valence-electron chi connectivity index (χ0n) is 58.5. The molecule has 2 aliphatic rings. The Morgan fingerprint density at radius 3 is 0.325 bits per heavy atom. The summed E-state index contributed by atoms with van der Waals surface area (Å²) in [7, 11) is -15.6. The van der Waals surface area contributed by atoms with Crippen molar-refractivity contribution in [2.24, 2.45) is 0 Å². The van der Waals surface area contributed by atoms with Gasteiger partial charge in [0.05, 0.1) is 67.2 Å². The fraction of sp³-hybridized carbons (Fsp3) is 1.00. The number of rotatable bonds is 12. The van der Waals surface area contributed by atoms with Crippen molar-refractivity contribution in [2.45, 2.75) is 342 Å². The molecule has 18 nitrogen and oxygen atoms in total. The molecule has 0 saturated carbocycles. The molecule has 24 heteroatoms. The molecule has 0 unspecified atom stereocenters. The quantitative estimate of drug-likeness (QED) is 0.173. The number of ether oxygens (including phenoxy) is 2. The molecular weight excluding hydrogens is 1250 g/mol. The van der Waals surface area contributed by atoms with E-state index in [9.17, 15) is 19.2 Å². The molecule has 1 radical (unpaired) electrons. The van der Waals surface area contributed by atoms with E-state index in [1.807, 2.05) is 249 Å². The Bertz CT molecular complexity index is 1190. The molecule has 0 amide bonds. The summed E-state index contributed by atoms with van der Waals surface area (Å²) < 4.78 is 76.1. The summed E-state index contributed by atoms with van der Waals surface area (Å²) in [5.41, 5.74) is -6.95. The van der Waals surface area contributed by atoms with Crippen molar-refractivity contribution >= 4 is 36.2 Å². The van der Waals surface area contributed by atoms with Gasteiger partial charge in [-0.2, -0.15) is 0 Å². The van der Waals surface area contributed by atoms with Crippen molar-refractivity contribution in [1.82, 2.24) is 0 Å². The maximum Gasteiger partial charge on any atom is 3.00 e. The third-order valence-corrected chi connectivity index (χ3v) is 17.2. The zero-order chi connectivity index (χ0) is 63.6. The van der Waals surface area contributed by atoms with Gasteiger partial charge in [0.15, 0.2) is 0 Å². The standard InChI is InChI=1S/4C12H27O4Si.2C4H8O.Ce.K/c4*1-10(2,3)14-17(13,15-11(4,5)6)16-12(7,8)9;2*1-2-4-5-3-1;;/h4*1-9H3;2*1-4H2;;/q4*-1;;;+3;+1. The minimum atomic E-state index is -3.91. The smallest absolute Gasteiger partial charge is 0.793 e. The first-order valence-electron chi connectivity index (χ1n) is 27.9. The molecule has 2 fully saturated rings. The van der Waals surface area contributed by atoms with Crippen molar-refractivity contribution in [2.75, 3.05) is 26.4 Å². The van der Waals surface area contributed by atoms with Gasteiger partial charge < -0.3 is 81.8 Å². The summed E-state index contributed by atoms with van der Waals surface area (Å²) in [5.74, 6) is 0. The molecule has 0 atom stereocenters. The third-order valence-electron chi connectivity index (χ3n) is 6.83. The predicted octanol–water partition coefficient (Wildman–Crippen LogP) is 7.51. The molecule has 0 N–H and O–H groups in total. The van der Waals surface area contributed by atoms with Crippen LogP contribution >= 0.6 is 0 Å². The molecule has 0 bridgehead atoms. The van der Waals surface area contributed by atoms with E-state index in [1.165, 1.54) is 25.7 Å². The Hall–Kier alpha value is 3.16. The molecule has 477 valence electrons. The molecule has 2 rings (SSSR count). The first kappa shape index (κ1) is 94.3. The fourth-order valence-corrected chi connectivity index (χ4v) is 15.3. The van der Waals surface area contributed by atoms with Gasteiger partial charge in [0.25, 0.3) is 0 Å². The van der Waals surface area contributed by atoms with Crippen LogP contribution in [-0.2, 0) is 62.6 Å². The molecule has 80 heavy (non-hydrogen) atoms. The summed E-state index contributed by atoms with van der Waals surface area (Å²) in [6, 6.07) is 0. The van der Waals surface area contributed by atoms with Gasteiger partial charge in [-0.05, 0) is 275 Å². The van der Waals surface area contributed by atoms with E-state index >= 15 is 0 Å². The van der Waals surface area contributed by atoms with Crippen molar-refractivity contribution in [1.29, 1.82) is 0 Å². The average molecular weight is 1380 g/mol. The second kappa shape index (κ2) is 36.9. The van der Waals surface area contributed by atoms with Crippen LogP contribution in [0.1, 0.15) is 275 Å². The van der Waals surface area contributed by atoms with Crippen LogP contribution in [0.25, 0.3) is 0 Å². The van der Waals surface area contributed by atoms with Crippen LogP contribution in [0.4, 0.5) is 0 Å². The summed E-state index contributed by atoms with van der Waals surface area (Å²) in [6.45, 7) is 69.7. The maximum absolute atomic E-state index is 12.6. The largest absolute Gasteiger partial charge is 3.00 e. The normalized spacial score (nSPS) is 15.9. The van der Waals surface area contributed by atoms with Gasteiger partial charge in [0.2, 0.25) is 0 Å². The average Bonchev–Trinajstić information content (AvgIpc) is 3.73. The molecule has 0 aliphatic carbocycles. The van der Waals surface area contributed by atoms with Crippen LogP contribution in [0.3, 0.4) is 0 Å². The Labute approximate surface area is 573 Å². The zero-order valence-corrected chi connectivity index (χ0v) is 68.8. The summed E-state index contributed by atoms with van der Waals surface area (Å²) in [6.07, 6.45) is 5.11. The Kier molecular flexibility index (Phi) is 43.5. The molecule has 2 heterocycles. The van der Waals surface area contributed by atoms with Crippen molar-refractivity contribution < 1.29 is 175 Å². The second-order valence-corrected chi connectivity index (χ2v) is 37.7. The van der Waals surface area contributed by atoms with E-state index in [4.69, 9.17) is 62.6 Å². The van der Waals surface area contributed by atoms with Gasteiger partial charge in [-0.1, -0.05) is 0 Å². The van der Waals surface area contributed by atoms with E-state index in [2.05, 4.69) is 0 Å². The summed E-state index contributed by atoms with van der Waals surface area (Å²) in [5, 5.41) is 0. The SMILES string of the molecule is C1CCOC1.C1CCOC1.CC(C)(C)O[Si]([O-])(OC(C)(C)C)OC(C)(C)C.CC(C)(C)O[Si]([O-])(OC(C)(C)C)OC(C)(C)C.CC(C)(C)O[Si]([O-])(OC(C)(C)C)OC(C)(C)C.CC(C)(C)O[Si]([O-])(OC(C)(C)C)OC(C)(C)C.[Ce+3].[K+]. The molecule has 2 saturated heterocycles. The Balaban J connectivity index is -0.000000213. The van der Waals surface area contributed by atoms with Crippen LogP contribution < -0.4 is 70.6 Å². The first-order valence-corrected chi connectivity index (χ1v) is 34.4. The molecule has 0 aromatic heterocycles. The Morgan fingerprint density at radius 1 is 0.212 bits per heavy atom. The van der Waals surface area contributed by atoms with E-state index in [0.717, 1.165) is 26.4 Å². The molecule has 0 aromatic carbocycles.